The third-order valence-electron chi connectivity index (χ3n) is 4.15. The maximum absolute atomic E-state index is 10.8. The van der Waals surface area contributed by atoms with Crippen LogP contribution < -0.4 is 14.8 Å². The molecular weight excluding hydrogens is 260 g/mol. The van der Waals surface area contributed by atoms with Gasteiger partial charge in [0, 0.05) is 23.9 Å². The second kappa shape index (κ2) is 5.28. The van der Waals surface area contributed by atoms with Crippen LogP contribution in [0.2, 0.25) is 0 Å². The number of hydrogen-bond donors (Lipinski definition) is 1. The molecule has 0 spiro atoms. The highest BCUT2D eigenvalue weighted by atomic mass is 16.6. The van der Waals surface area contributed by atoms with Gasteiger partial charge in [0.05, 0.1) is 18.1 Å². The third kappa shape index (κ3) is 2.43. The van der Waals surface area contributed by atoms with Crippen molar-refractivity contribution in [2.45, 2.75) is 32.4 Å². The van der Waals surface area contributed by atoms with Crippen molar-refractivity contribution in [3.63, 3.8) is 0 Å². The summed E-state index contributed by atoms with van der Waals surface area (Å²) in [5, 5.41) is 14.0. The Morgan fingerprint density at radius 1 is 1.40 bits per heavy atom. The lowest BCUT2D eigenvalue weighted by Crippen LogP contribution is -2.61. The Morgan fingerprint density at radius 2 is 2.10 bits per heavy atom. The van der Waals surface area contributed by atoms with E-state index in [0.717, 1.165) is 6.42 Å². The summed E-state index contributed by atoms with van der Waals surface area (Å²) in [6, 6.07) is 4.83. The fraction of sp³-hybridized carbons (Fsp3) is 0.571. The van der Waals surface area contributed by atoms with E-state index >= 15 is 0 Å². The SMILES string of the molecule is CNC1CC(Oc2ccc([N+](=O)[O-])cc2OC)C1(C)C. The first-order valence-electron chi connectivity index (χ1n) is 6.56. The molecule has 0 aliphatic heterocycles. The van der Waals surface area contributed by atoms with Crippen LogP contribution in [0, 0.1) is 15.5 Å². The van der Waals surface area contributed by atoms with Gasteiger partial charge in [-0.2, -0.15) is 0 Å². The predicted molar refractivity (Wildman–Crippen MR) is 75.3 cm³/mol. The van der Waals surface area contributed by atoms with Gasteiger partial charge in [-0.1, -0.05) is 13.8 Å². The van der Waals surface area contributed by atoms with Gasteiger partial charge in [0.25, 0.3) is 5.69 Å². The quantitative estimate of drug-likeness (QED) is 0.662. The summed E-state index contributed by atoms with van der Waals surface area (Å²) < 4.78 is 11.1. The van der Waals surface area contributed by atoms with Crippen LogP contribution in [0.3, 0.4) is 0 Å². The van der Waals surface area contributed by atoms with Crippen LogP contribution in [0.15, 0.2) is 18.2 Å². The Bertz CT molecular complexity index is 516. The minimum Gasteiger partial charge on any atom is -0.493 e. The zero-order valence-electron chi connectivity index (χ0n) is 12.2. The number of methoxy groups -OCH3 is 1. The van der Waals surface area contributed by atoms with Crippen molar-refractivity contribution < 1.29 is 14.4 Å². The maximum atomic E-state index is 10.8. The van der Waals surface area contributed by atoms with Crippen LogP contribution in [0.5, 0.6) is 11.5 Å². The lowest BCUT2D eigenvalue weighted by atomic mass is 9.64. The van der Waals surface area contributed by atoms with Crippen molar-refractivity contribution in [1.29, 1.82) is 0 Å². The summed E-state index contributed by atoms with van der Waals surface area (Å²) in [6.45, 7) is 4.28. The fourth-order valence-corrected chi connectivity index (χ4v) is 2.60. The fourth-order valence-electron chi connectivity index (χ4n) is 2.60. The summed E-state index contributed by atoms with van der Waals surface area (Å²) >= 11 is 0. The molecule has 1 fully saturated rings. The van der Waals surface area contributed by atoms with Crippen LogP contribution in [0.25, 0.3) is 0 Å². The summed E-state index contributed by atoms with van der Waals surface area (Å²) in [7, 11) is 3.42. The number of nitro benzene ring substituents is 1. The maximum Gasteiger partial charge on any atom is 0.273 e. The molecule has 0 amide bonds. The largest absolute Gasteiger partial charge is 0.493 e. The lowest BCUT2D eigenvalue weighted by molar-refractivity contribution is -0.385. The monoisotopic (exact) mass is 280 g/mol. The number of ether oxygens (including phenoxy) is 2. The van der Waals surface area contributed by atoms with Gasteiger partial charge >= 0.3 is 0 Å². The van der Waals surface area contributed by atoms with Crippen molar-refractivity contribution in [1.82, 2.24) is 5.32 Å². The van der Waals surface area contributed by atoms with Crippen molar-refractivity contribution in [3.8, 4) is 11.5 Å². The molecule has 0 heterocycles. The van der Waals surface area contributed by atoms with E-state index in [2.05, 4.69) is 19.2 Å². The molecular formula is C14H20N2O4. The number of nitrogens with one attached hydrogen (secondary N) is 1. The minimum absolute atomic E-state index is 0.00447. The molecule has 1 aliphatic carbocycles. The van der Waals surface area contributed by atoms with Crippen LogP contribution >= 0.6 is 0 Å². The second-order valence-corrected chi connectivity index (χ2v) is 5.60. The highest BCUT2D eigenvalue weighted by Crippen LogP contribution is 2.44. The highest BCUT2D eigenvalue weighted by molar-refractivity contribution is 5.48. The van der Waals surface area contributed by atoms with Gasteiger partial charge in [0.15, 0.2) is 11.5 Å². The van der Waals surface area contributed by atoms with Gasteiger partial charge < -0.3 is 14.8 Å². The third-order valence-corrected chi connectivity index (χ3v) is 4.15. The Balaban J connectivity index is 2.16. The van der Waals surface area contributed by atoms with E-state index in [9.17, 15) is 10.1 Å². The highest BCUT2D eigenvalue weighted by Gasteiger charge is 2.49. The number of hydrogen-bond acceptors (Lipinski definition) is 5. The molecule has 6 heteroatoms. The van der Waals surface area contributed by atoms with E-state index < -0.39 is 4.92 Å². The summed E-state index contributed by atoms with van der Waals surface area (Å²) in [4.78, 5) is 10.3. The van der Waals surface area contributed by atoms with E-state index in [1.807, 2.05) is 7.05 Å². The molecule has 2 atom stereocenters. The topological polar surface area (TPSA) is 73.6 Å². The average Bonchev–Trinajstić information content (AvgIpc) is 2.42. The average molecular weight is 280 g/mol. The molecule has 1 saturated carbocycles. The number of benzene rings is 1. The summed E-state index contributed by atoms with van der Waals surface area (Å²) in [5.74, 6) is 0.939. The van der Waals surface area contributed by atoms with Crippen LogP contribution in [0.4, 0.5) is 5.69 Å². The normalized spacial score (nSPS) is 23.8. The molecule has 0 aromatic heterocycles. The number of non-ortho nitro benzene ring substituents is 1. The van der Waals surface area contributed by atoms with Crippen LogP contribution in [0.1, 0.15) is 20.3 Å². The molecule has 6 nitrogen and oxygen atoms in total. The molecule has 0 bridgehead atoms. The molecule has 1 aliphatic rings. The first-order valence-corrected chi connectivity index (χ1v) is 6.56. The number of rotatable bonds is 5. The van der Waals surface area contributed by atoms with Crippen molar-refractivity contribution in [2.24, 2.45) is 5.41 Å². The molecule has 0 radical (unpaired) electrons. The van der Waals surface area contributed by atoms with Crippen LogP contribution in [-0.4, -0.2) is 31.2 Å². The van der Waals surface area contributed by atoms with E-state index in [1.54, 1.807) is 6.07 Å². The molecule has 1 N–H and O–H groups in total. The molecule has 1 aromatic carbocycles. The standard InChI is InChI=1S/C14H20N2O4/c1-14(2)12(15-3)8-13(14)20-10-6-5-9(16(17)18)7-11(10)19-4/h5-7,12-13,15H,8H2,1-4H3. The van der Waals surface area contributed by atoms with Gasteiger partial charge in [-0.05, 0) is 13.1 Å². The van der Waals surface area contributed by atoms with Gasteiger partial charge in [-0.25, -0.2) is 0 Å². The van der Waals surface area contributed by atoms with Gasteiger partial charge in [-0.15, -0.1) is 0 Å². The van der Waals surface area contributed by atoms with Crippen LogP contribution in [-0.2, 0) is 0 Å². The van der Waals surface area contributed by atoms with Gasteiger partial charge in [-0.3, -0.25) is 10.1 Å². The van der Waals surface area contributed by atoms with Crippen molar-refractivity contribution in [3.05, 3.63) is 28.3 Å². The Morgan fingerprint density at radius 3 is 2.60 bits per heavy atom. The second-order valence-electron chi connectivity index (χ2n) is 5.60. The summed E-state index contributed by atoms with van der Waals surface area (Å²) in [5.41, 5.74) is 0.0109. The first-order chi connectivity index (χ1) is 9.40. The lowest BCUT2D eigenvalue weighted by Gasteiger charge is -2.51. The predicted octanol–water partition coefficient (Wildman–Crippen LogP) is 2.37. The van der Waals surface area contributed by atoms with Crippen molar-refractivity contribution >= 4 is 5.69 Å². The zero-order valence-corrected chi connectivity index (χ0v) is 12.2. The number of nitrogens with zero attached hydrogens (tertiary/aromatic N) is 1. The minimum atomic E-state index is -0.448. The molecule has 2 rings (SSSR count). The molecule has 110 valence electrons. The number of nitro groups is 1. The van der Waals surface area contributed by atoms with E-state index in [1.165, 1.54) is 19.2 Å². The smallest absolute Gasteiger partial charge is 0.273 e. The Labute approximate surface area is 118 Å². The Kier molecular flexibility index (Phi) is 3.85. The molecule has 2 unspecified atom stereocenters. The first kappa shape index (κ1) is 14.6. The molecule has 20 heavy (non-hydrogen) atoms. The Hall–Kier alpha value is -1.82. The van der Waals surface area contributed by atoms with E-state index in [-0.39, 0.29) is 17.2 Å². The van der Waals surface area contributed by atoms with Gasteiger partial charge in [0.1, 0.15) is 6.10 Å². The molecule has 1 aromatic rings. The summed E-state index contributed by atoms with van der Waals surface area (Å²) in [6.07, 6.45) is 0.971. The van der Waals surface area contributed by atoms with E-state index in [4.69, 9.17) is 9.47 Å². The zero-order chi connectivity index (χ0) is 14.9. The van der Waals surface area contributed by atoms with E-state index in [0.29, 0.717) is 17.5 Å². The van der Waals surface area contributed by atoms with Gasteiger partial charge in [0.2, 0.25) is 0 Å². The molecule has 0 saturated heterocycles. The van der Waals surface area contributed by atoms with Crippen molar-refractivity contribution in [2.75, 3.05) is 14.2 Å².